The van der Waals surface area contributed by atoms with Crippen LogP contribution in [0.15, 0.2) is 12.1 Å². The van der Waals surface area contributed by atoms with Crippen molar-refractivity contribution in [2.45, 2.75) is 57.8 Å². The van der Waals surface area contributed by atoms with E-state index in [1.807, 2.05) is 0 Å². The fraction of sp³-hybridized carbons (Fsp3) is 0.667. The number of phenols is 2. The minimum atomic E-state index is 0.385. The van der Waals surface area contributed by atoms with E-state index in [1.165, 1.54) is 38.5 Å². The third-order valence-corrected chi connectivity index (χ3v) is 6.63. The van der Waals surface area contributed by atoms with Gasteiger partial charge in [-0.1, -0.05) is 13.3 Å². The zero-order chi connectivity index (χ0) is 13.9. The van der Waals surface area contributed by atoms with Gasteiger partial charge in [0.25, 0.3) is 0 Å². The molecule has 3 aliphatic rings. The highest BCUT2D eigenvalue weighted by molar-refractivity contribution is 5.51. The molecule has 0 radical (unpaired) electrons. The Kier molecular flexibility index (Phi) is 2.61. The molecular formula is C18H24O2. The van der Waals surface area contributed by atoms with Crippen LogP contribution in [-0.4, -0.2) is 10.2 Å². The summed E-state index contributed by atoms with van der Waals surface area (Å²) in [6, 6.07) is 3.33. The Labute approximate surface area is 120 Å². The summed E-state index contributed by atoms with van der Waals surface area (Å²) < 4.78 is 0. The quantitative estimate of drug-likeness (QED) is 0.690. The predicted molar refractivity (Wildman–Crippen MR) is 79.0 cm³/mol. The lowest BCUT2D eigenvalue weighted by atomic mass is 9.55. The zero-order valence-electron chi connectivity index (χ0n) is 12.2. The van der Waals surface area contributed by atoms with E-state index in [0.717, 1.165) is 29.4 Å². The molecule has 0 unspecified atom stereocenters. The Morgan fingerprint density at radius 3 is 2.70 bits per heavy atom. The lowest BCUT2D eigenvalue weighted by Crippen LogP contribution is -2.39. The Balaban J connectivity index is 1.78. The average molecular weight is 272 g/mol. The van der Waals surface area contributed by atoms with Gasteiger partial charge in [-0.15, -0.1) is 0 Å². The van der Waals surface area contributed by atoms with E-state index < -0.39 is 0 Å². The van der Waals surface area contributed by atoms with E-state index in [-0.39, 0.29) is 0 Å². The first kappa shape index (κ1) is 12.6. The SMILES string of the molecule is C[C@@]12CCC[C@H]1[C@@H]1CCc3c(O)ccc(O)c3[C@H]1CC2. The first-order valence-electron chi connectivity index (χ1n) is 8.14. The number of hydrogen-bond acceptors (Lipinski definition) is 2. The maximum absolute atomic E-state index is 10.3. The summed E-state index contributed by atoms with van der Waals surface area (Å²) in [5.41, 5.74) is 2.65. The Hall–Kier alpha value is -1.18. The molecule has 0 saturated heterocycles. The maximum atomic E-state index is 10.3. The number of rotatable bonds is 0. The van der Waals surface area contributed by atoms with E-state index >= 15 is 0 Å². The highest BCUT2D eigenvalue weighted by atomic mass is 16.3. The van der Waals surface area contributed by atoms with Crippen LogP contribution in [0.4, 0.5) is 0 Å². The predicted octanol–water partition coefficient (Wildman–Crippen LogP) is 4.34. The maximum Gasteiger partial charge on any atom is 0.119 e. The van der Waals surface area contributed by atoms with Gasteiger partial charge in [-0.2, -0.15) is 0 Å². The monoisotopic (exact) mass is 272 g/mol. The molecule has 1 aromatic carbocycles. The van der Waals surface area contributed by atoms with Crippen LogP contribution in [-0.2, 0) is 6.42 Å². The zero-order valence-corrected chi connectivity index (χ0v) is 12.2. The summed E-state index contributed by atoms with van der Waals surface area (Å²) in [7, 11) is 0. The Bertz CT molecular complexity index is 551. The second-order valence-corrected chi connectivity index (χ2v) is 7.50. The van der Waals surface area contributed by atoms with Gasteiger partial charge in [0.2, 0.25) is 0 Å². The van der Waals surface area contributed by atoms with Crippen LogP contribution in [0.25, 0.3) is 0 Å². The number of phenolic OH excluding ortho intramolecular Hbond substituents is 2. The molecule has 0 aromatic heterocycles. The van der Waals surface area contributed by atoms with Crippen LogP contribution in [0.5, 0.6) is 11.5 Å². The second kappa shape index (κ2) is 4.16. The Morgan fingerprint density at radius 1 is 1.05 bits per heavy atom. The van der Waals surface area contributed by atoms with E-state index in [1.54, 1.807) is 12.1 Å². The van der Waals surface area contributed by atoms with Gasteiger partial charge in [-0.05, 0) is 73.8 Å². The molecule has 0 spiro atoms. The molecule has 0 amide bonds. The summed E-state index contributed by atoms with van der Waals surface area (Å²) >= 11 is 0. The number of fused-ring (bicyclic) bond motifs is 5. The van der Waals surface area contributed by atoms with E-state index in [2.05, 4.69) is 6.92 Å². The molecule has 108 valence electrons. The van der Waals surface area contributed by atoms with Crippen LogP contribution in [0, 0.1) is 17.3 Å². The topological polar surface area (TPSA) is 40.5 Å². The van der Waals surface area contributed by atoms with Crippen molar-refractivity contribution in [1.29, 1.82) is 0 Å². The number of benzene rings is 1. The first-order valence-corrected chi connectivity index (χ1v) is 8.14. The largest absolute Gasteiger partial charge is 0.508 e. The fourth-order valence-electron chi connectivity index (χ4n) is 5.67. The van der Waals surface area contributed by atoms with Crippen LogP contribution < -0.4 is 0 Å². The minimum absolute atomic E-state index is 0.385. The van der Waals surface area contributed by atoms with Crippen LogP contribution in [0.3, 0.4) is 0 Å². The van der Waals surface area contributed by atoms with Crippen molar-refractivity contribution in [2.24, 2.45) is 17.3 Å². The van der Waals surface area contributed by atoms with Crippen molar-refractivity contribution >= 4 is 0 Å². The van der Waals surface area contributed by atoms with Crippen LogP contribution in [0.1, 0.15) is 62.5 Å². The average Bonchev–Trinajstić information content (AvgIpc) is 2.84. The van der Waals surface area contributed by atoms with Gasteiger partial charge in [0.1, 0.15) is 11.5 Å². The molecule has 20 heavy (non-hydrogen) atoms. The molecule has 3 aliphatic carbocycles. The molecule has 2 nitrogen and oxygen atoms in total. The minimum Gasteiger partial charge on any atom is -0.508 e. The van der Waals surface area contributed by atoms with Gasteiger partial charge in [-0.3, -0.25) is 0 Å². The molecule has 4 atom stereocenters. The summed E-state index contributed by atoms with van der Waals surface area (Å²) in [4.78, 5) is 0. The lowest BCUT2D eigenvalue weighted by molar-refractivity contribution is 0.0586. The van der Waals surface area contributed by atoms with Gasteiger partial charge in [0.05, 0.1) is 0 Å². The number of aromatic hydroxyl groups is 2. The molecule has 0 aliphatic heterocycles. The molecule has 2 N–H and O–H groups in total. The highest BCUT2D eigenvalue weighted by Gasteiger charge is 2.50. The molecule has 0 heterocycles. The van der Waals surface area contributed by atoms with Crippen molar-refractivity contribution in [3.8, 4) is 11.5 Å². The third kappa shape index (κ3) is 1.57. The van der Waals surface area contributed by atoms with Crippen LogP contribution >= 0.6 is 0 Å². The standard InChI is InChI=1S/C18H24O2/c1-18-9-2-3-14(18)11-4-5-13-15(19)6-7-16(20)17(13)12(11)8-10-18/h6-7,11-12,14,19-20H,2-5,8-10H2,1H3/t11-,12+,14+,18+/m1/s1. The smallest absolute Gasteiger partial charge is 0.119 e. The van der Waals surface area contributed by atoms with Gasteiger partial charge >= 0.3 is 0 Å². The normalized spacial score (nSPS) is 39.0. The van der Waals surface area contributed by atoms with Gasteiger partial charge in [0, 0.05) is 11.1 Å². The molecule has 2 saturated carbocycles. The highest BCUT2D eigenvalue weighted by Crippen LogP contribution is 2.62. The summed E-state index contributed by atoms with van der Waals surface area (Å²) in [5, 5.41) is 20.4. The fourth-order valence-corrected chi connectivity index (χ4v) is 5.67. The molecule has 4 rings (SSSR count). The van der Waals surface area contributed by atoms with Crippen LogP contribution in [0.2, 0.25) is 0 Å². The van der Waals surface area contributed by atoms with Gasteiger partial charge in [0.15, 0.2) is 0 Å². The van der Waals surface area contributed by atoms with Crippen molar-refractivity contribution in [1.82, 2.24) is 0 Å². The van der Waals surface area contributed by atoms with E-state index in [4.69, 9.17) is 0 Å². The van der Waals surface area contributed by atoms with Crippen molar-refractivity contribution in [3.05, 3.63) is 23.3 Å². The van der Waals surface area contributed by atoms with Crippen molar-refractivity contribution in [3.63, 3.8) is 0 Å². The molecular weight excluding hydrogens is 248 g/mol. The lowest BCUT2D eigenvalue weighted by Gasteiger charge is -2.49. The van der Waals surface area contributed by atoms with Crippen molar-refractivity contribution < 1.29 is 10.2 Å². The molecule has 2 heteroatoms. The molecule has 2 fully saturated rings. The summed E-state index contributed by atoms with van der Waals surface area (Å²) in [6.45, 7) is 2.48. The second-order valence-electron chi connectivity index (χ2n) is 7.50. The molecule has 0 bridgehead atoms. The summed E-state index contributed by atoms with van der Waals surface area (Å²) in [6.07, 6.45) is 8.73. The van der Waals surface area contributed by atoms with Gasteiger partial charge < -0.3 is 10.2 Å². The van der Waals surface area contributed by atoms with Gasteiger partial charge in [-0.25, -0.2) is 0 Å². The van der Waals surface area contributed by atoms with E-state index in [0.29, 0.717) is 22.8 Å². The summed E-state index contributed by atoms with van der Waals surface area (Å²) in [5.74, 6) is 2.82. The Morgan fingerprint density at radius 2 is 1.85 bits per heavy atom. The first-order chi connectivity index (χ1) is 9.60. The molecule has 1 aromatic rings. The van der Waals surface area contributed by atoms with Crippen molar-refractivity contribution in [2.75, 3.05) is 0 Å². The third-order valence-electron chi connectivity index (χ3n) is 6.63. The number of hydrogen-bond donors (Lipinski definition) is 2. The van der Waals surface area contributed by atoms with E-state index in [9.17, 15) is 10.2 Å².